The molecule has 0 saturated heterocycles. The fourth-order valence-electron chi connectivity index (χ4n) is 1.84. The highest BCUT2D eigenvalue weighted by molar-refractivity contribution is 9.11. The largest absolute Gasteiger partial charge is 0.358 e. The lowest BCUT2D eigenvalue weighted by Gasteiger charge is -2.23. The standard InChI is InChI=1S/C13H21BrN2OS/c1-8(2)7-10(13(17)15-4)16-9(3)11-5-6-12(14)18-11/h5-6,8-10,16H,7H2,1-4H3,(H,15,17). The Morgan fingerprint density at radius 2 is 2.06 bits per heavy atom. The molecule has 0 fully saturated rings. The maximum Gasteiger partial charge on any atom is 0.236 e. The maximum atomic E-state index is 11.8. The van der Waals surface area contributed by atoms with Crippen molar-refractivity contribution in [2.45, 2.75) is 39.3 Å². The van der Waals surface area contributed by atoms with Crippen LogP contribution >= 0.6 is 27.3 Å². The molecule has 2 atom stereocenters. The van der Waals surface area contributed by atoms with Crippen molar-refractivity contribution in [1.82, 2.24) is 10.6 Å². The van der Waals surface area contributed by atoms with E-state index in [0.29, 0.717) is 5.92 Å². The monoisotopic (exact) mass is 332 g/mol. The third kappa shape index (κ3) is 4.71. The van der Waals surface area contributed by atoms with Gasteiger partial charge in [-0.2, -0.15) is 0 Å². The van der Waals surface area contributed by atoms with E-state index >= 15 is 0 Å². The summed E-state index contributed by atoms with van der Waals surface area (Å²) in [7, 11) is 1.68. The molecule has 0 aromatic carbocycles. The van der Waals surface area contributed by atoms with E-state index in [1.165, 1.54) is 4.88 Å². The Labute approximate surface area is 121 Å². The summed E-state index contributed by atoms with van der Waals surface area (Å²) in [5, 5.41) is 6.13. The van der Waals surface area contributed by atoms with Crippen molar-refractivity contribution in [3.63, 3.8) is 0 Å². The van der Waals surface area contributed by atoms with Gasteiger partial charge in [0.05, 0.1) is 9.83 Å². The predicted octanol–water partition coefficient (Wildman–Crippen LogP) is 3.32. The second-order valence-corrected chi connectivity index (χ2v) is 7.32. The summed E-state index contributed by atoms with van der Waals surface area (Å²) in [6, 6.07) is 4.17. The van der Waals surface area contributed by atoms with E-state index in [9.17, 15) is 4.79 Å². The molecule has 18 heavy (non-hydrogen) atoms. The lowest BCUT2D eigenvalue weighted by atomic mass is 10.0. The first kappa shape index (κ1) is 15.7. The van der Waals surface area contributed by atoms with E-state index in [4.69, 9.17) is 0 Å². The summed E-state index contributed by atoms with van der Waals surface area (Å²) in [6.45, 7) is 6.35. The number of rotatable bonds is 6. The number of hydrogen-bond acceptors (Lipinski definition) is 3. The van der Waals surface area contributed by atoms with Crippen LogP contribution in [0.15, 0.2) is 15.9 Å². The van der Waals surface area contributed by atoms with Crippen molar-refractivity contribution < 1.29 is 4.79 Å². The maximum absolute atomic E-state index is 11.8. The van der Waals surface area contributed by atoms with E-state index < -0.39 is 0 Å². The fraction of sp³-hybridized carbons (Fsp3) is 0.615. The zero-order chi connectivity index (χ0) is 13.7. The molecule has 2 unspecified atom stereocenters. The molecule has 1 aromatic rings. The molecule has 0 saturated carbocycles. The van der Waals surface area contributed by atoms with E-state index in [1.807, 2.05) is 6.07 Å². The van der Waals surface area contributed by atoms with Gasteiger partial charge in [-0.15, -0.1) is 11.3 Å². The molecule has 3 nitrogen and oxygen atoms in total. The summed E-state index contributed by atoms with van der Waals surface area (Å²) in [5.41, 5.74) is 0. The minimum Gasteiger partial charge on any atom is -0.358 e. The van der Waals surface area contributed by atoms with Crippen LogP contribution in [0.25, 0.3) is 0 Å². The molecule has 0 aliphatic carbocycles. The van der Waals surface area contributed by atoms with Gasteiger partial charge in [-0.3, -0.25) is 10.1 Å². The zero-order valence-corrected chi connectivity index (χ0v) is 13.7. The molecule has 0 aliphatic heterocycles. The summed E-state index contributed by atoms with van der Waals surface area (Å²) in [6.07, 6.45) is 0.844. The molecule has 1 aromatic heterocycles. The van der Waals surface area contributed by atoms with Crippen LogP contribution in [0, 0.1) is 5.92 Å². The highest BCUT2D eigenvalue weighted by atomic mass is 79.9. The molecule has 102 valence electrons. The minimum atomic E-state index is -0.133. The number of hydrogen-bond donors (Lipinski definition) is 2. The number of amides is 1. The molecule has 0 radical (unpaired) electrons. The Kier molecular flexibility index (Phi) is 6.32. The van der Waals surface area contributed by atoms with Crippen LogP contribution < -0.4 is 10.6 Å². The van der Waals surface area contributed by atoms with Crippen molar-refractivity contribution >= 4 is 33.2 Å². The Morgan fingerprint density at radius 3 is 2.50 bits per heavy atom. The van der Waals surface area contributed by atoms with Gasteiger partial charge in [0, 0.05) is 18.0 Å². The van der Waals surface area contributed by atoms with Gasteiger partial charge < -0.3 is 5.32 Å². The van der Waals surface area contributed by atoms with E-state index in [1.54, 1.807) is 18.4 Å². The summed E-state index contributed by atoms with van der Waals surface area (Å²) >= 11 is 5.16. The predicted molar refractivity (Wildman–Crippen MR) is 80.9 cm³/mol. The van der Waals surface area contributed by atoms with Crippen LogP contribution in [0.4, 0.5) is 0 Å². The van der Waals surface area contributed by atoms with Crippen molar-refractivity contribution in [1.29, 1.82) is 0 Å². The van der Waals surface area contributed by atoms with Crippen LogP contribution in [0.1, 0.15) is 38.1 Å². The molecular weight excluding hydrogens is 312 g/mol. The van der Waals surface area contributed by atoms with Crippen molar-refractivity contribution in [3.8, 4) is 0 Å². The first-order chi connectivity index (χ1) is 8.43. The second-order valence-electron chi connectivity index (χ2n) is 4.83. The number of carbonyl (C=O) groups excluding carboxylic acids is 1. The molecule has 0 spiro atoms. The Hall–Kier alpha value is -0.390. The van der Waals surface area contributed by atoms with Crippen LogP contribution in [-0.2, 0) is 4.79 Å². The quantitative estimate of drug-likeness (QED) is 0.838. The Balaban J connectivity index is 2.67. The van der Waals surface area contributed by atoms with E-state index in [2.05, 4.69) is 53.4 Å². The van der Waals surface area contributed by atoms with Crippen molar-refractivity contribution in [2.75, 3.05) is 7.05 Å². The summed E-state index contributed by atoms with van der Waals surface area (Å²) < 4.78 is 1.12. The third-order valence-corrected chi connectivity index (χ3v) is 4.55. The lowest BCUT2D eigenvalue weighted by Crippen LogP contribution is -2.44. The molecule has 1 rings (SSSR count). The Bertz CT molecular complexity index is 392. The topological polar surface area (TPSA) is 41.1 Å². The van der Waals surface area contributed by atoms with Gasteiger partial charge in [0.25, 0.3) is 0 Å². The van der Waals surface area contributed by atoms with Gasteiger partial charge in [-0.1, -0.05) is 13.8 Å². The van der Waals surface area contributed by atoms with Crippen LogP contribution in [0.5, 0.6) is 0 Å². The first-order valence-corrected chi connectivity index (χ1v) is 7.77. The zero-order valence-electron chi connectivity index (χ0n) is 11.3. The fourth-order valence-corrected chi connectivity index (χ4v) is 3.28. The molecule has 2 N–H and O–H groups in total. The summed E-state index contributed by atoms with van der Waals surface area (Å²) in [5.74, 6) is 0.549. The normalized spacial score (nSPS) is 14.6. The first-order valence-electron chi connectivity index (χ1n) is 6.17. The van der Waals surface area contributed by atoms with Gasteiger partial charge in [0.1, 0.15) is 0 Å². The number of halogens is 1. The van der Waals surface area contributed by atoms with Gasteiger partial charge in [0.15, 0.2) is 0 Å². The average Bonchev–Trinajstić information content (AvgIpc) is 2.73. The number of nitrogens with one attached hydrogen (secondary N) is 2. The molecular formula is C13H21BrN2OS. The second kappa shape index (κ2) is 7.26. The third-order valence-electron chi connectivity index (χ3n) is 2.74. The van der Waals surface area contributed by atoms with Crippen molar-refractivity contribution in [3.05, 3.63) is 20.8 Å². The van der Waals surface area contributed by atoms with Gasteiger partial charge in [-0.05, 0) is 47.3 Å². The molecule has 1 heterocycles. The minimum absolute atomic E-state index is 0.0613. The summed E-state index contributed by atoms with van der Waals surface area (Å²) in [4.78, 5) is 13.1. The highest BCUT2D eigenvalue weighted by Gasteiger charge is 2.21. The molecule has 5 heteroatoms. The molecule has 0 bridgehead atoms. The van der Waals surface area contributed by atoms with Gasteiger partial charge in [0.2, 0.25) is 5.91 Å². The Morgan fingerprint density at radius 1 is 1.39 bits per heavy atom. The molecule has 1 amide bonds. The molecule has 0 aliphatic rings. The van der Waals surface area contributed by atoms with Gasteiger partial charge >= 0.3 is 0 Å². The van der Waals surface area contributed by atoms with Crippen molar-refractivity contribution in [2.24, 2.45) is 5.92 Å². The van der Waals surface area contributed by atoms with E-state index in [-0.39, 0.29) is 18.0 Å². The van der Waals surface area contributed by atoms with E-state index in [0.717, 1.165) is 10.2 Å². The number of thiophene rings is 1. The number of likely N-dealkylation sites (N-methyl/N-ethyl adjacent to an activating group) is 1. The smallest absolute Gasteiger partial charge is 0.236 e. The lowest BCUT2D eigenvalue weighted by molar-refractivity contribution is -0.123. The van der Waals surface area contributed by atoms with Crippen LogP contribution in [-0.4, -0.2) is 19.0 Å². The SMILES string of the molecule is CNC(=O)C(CC(C)C)NC(C)c1ccc(Br)s1. The highest BCUT2D eigenvalue weighted by Crippen LogP contribution is 2.27. The average molecular weight is 333 g/mol. The number of carbonyl (C=O) groups is 1. The van der Waals surface area contributed by atoms with Crippen LogP contribution in [0.2, 0.25) is 0 Å². The van der Waals surface area contributed by atoms with Crippen LogP contribution in [0.3, 0.4) is 0 Å². The van der Waals surface area contributed by atoms with Gasteiger partial charge in [-0.25, -0.2) is 0 Å².